The Kier molecular flexibility index (Phi) is 6.63. The highest BCUT2D eigenvalue weighted by molar-refractivity contribution is 5.71. The van der Waals surface area contributed by atoms with Crippen LogP contribution in [-0.2, 0) is 10.3 Å². The number of aliphatic hydroxyl groups is 1. The number of piperazine rings is 1. The normalized spacial score (nSPS) is 23.1. The van der Waals surface area contributed by atoms with Crippen LogP contribution in [0.3, 0.4) is 0 Å². The van der Waals surface area contributed by atoms with E-state index >= 15 is 0 Å². The van der Waals surface area contributed by atoms with Crippen LogP contribution in [0.15, 0.2) is 91.0 Å². The second kappa shape index (κ2) is 9.62. The molecule has 0 radical (unpaired) electrons. The summed E-state index contributed by atoms with van der Waals surface area (Å²) in [5.41, 5.74) is 1.56. The maximum Gasteiger partial charge on any atom is 0.411 e. The minimum Gasteiger partial charge on any atom is -0.444 e. The Labute approximate surface area is 220 Å². The number of benzene rings is 3. The van der Waals surface area contributed by atoms with E-state index in [9.17, 15) is 9.90 Å². The average Bonchev–Trinajstić information content (AvgIpc) is 3.13. The van der Waals surface area contributed by atoms with E-state index in [-0.39, 0.29) is 12.1 Å². The third-order valence-corrected chi connectivity index (χ3v) is 8.07. The van der Waals surface area contributed by atoms with Gasteiger partial charge >= 0.3 is 6.09 Å². The van der Waals surface area contributed by atoms with E-state index in [0.29, 0.717) is 13.1 Å². The first-order valence-corrected chi connectivity index (χ1v) is 13.3. The zero-order valence-electron chi connectivity index (χ0n) is 22.3. The minimum absolute atomic E-state index is 0.0614. The van der Waals surface area contributed by atoms with Crippen molar-refractivity contribution in [3.05, 3.63) is 108 Å². The summed E-state index contributed by atoms with van der Waals surface area (Å²) in [6.45, 7) is 8.69. The Morgan fingerprint density at radius 3 is 1.76 bits per heavy atom. The number of carbonyl (C=O) groups is 1. The van der Waals surface area contributed by atoms with Crippen LogP contribution < -0.4 is 0 Å². The van der Waals surface area contributed by atoms with Crippen LogP contribution in [0.4, 0.5) is 4.79 Å². The van der Waals surface area contributed by atoms with Gasteiger partial charge in [-0.3, -0.25) is 9.80 Å². The lowest BCUT2D eigenvalue weighted by molar-refractivity contribution is -0.0880. The molecule has 2 bridgehead atoms. The summed E-state index contributed by atoms with van der Waals surface area (Å²) < 4.78 is 5.87. The largest absolute Gasteiger partial charge is 0.444 e. The maximum absolute atomic E-state index is 13.5. The highest BCUT2D eigenvalue weighted by Gasteiger charge is 2.60. The van der Waals surface area contributed by atoms with E-state index in [2.05, 4.69) is 77.7 Å². The number of fused-ring (bicyclic) bond motifs is 2. The van der Waals surface area contributed by atoms with Gasteiger partial charge in [-0.25, -0.2) is 4.79 Å². The van der Waals surface area contributed by atoms with Gasteiger partial charge in [0.2, 0.25) is 0 Å². The lowest BCUT2D eigenvalue weighted by atomic mass is 9.74. The third-order valence-electron chi connectivity index (χ3n) is 8.07. The molecule has 0 aromatic heterocycles. The number of amides is 1. The summed E-state index contributed by atoms with van der Waals surface area (Å²) in [6, 6.07) is 31.8. The number of rotatable bonds is 5. The van der Waals surface area contributed by atoms with Gasteiger partial charge < -0.3 is 9.84 Å². The van der Waals surface area contributed by atoms with Crippen LogP contribution >= 0.6 is 0 Å². The molecule has 2 aliphatic rings. The number of hydrogen-bond acceptors (Lipinski definition) is 4. The van der Waals surface area contributed by atoms with E-state index in [4.69, 9.17) is 4.74 Å². The van der Waals surface area contributed by atoms with Crippen LogP contribution in [0.25, 0.3) is 0 Å². The predicted molar refractivity (Wildman–Crippen MR) is 146 cm³/mol. The highest BCUT2D eigenvalue weighted by atomic mass is 16.6. The van der Waals surface area contributed by atoms with Gasteiger partial charge in [0.15, 0.2) is 0 Å². The first kappa shape index (κ1) is 25.5. The summed E-state index contributed by atoms with van der Waals surface area (Å²) in [4.78, 5) is 17.9. The summed E-state index contributed by atoms with van der Waals surface area (Å²) in [5.74, 6) is 0. The Balaban J connectivity index is 1.70. The van der Waals surface area contributed by atoms with Gasteiger partial charge in [0.1, 0.15) is 5.60 Å². The molecule has 0 spiro atoms. The molecular weight excluding hydrogens is 460 g/mol. The van der Waals surface area contributed by atoms with Crippen molar-refractivity contribution in [2.45, 2.75) is 69.4 Å². The Morgan fingerprint density at radius 2 is 1.35 bits per heavy atom. The van der Waals surface area contributed by atoms with Gasteiger partial charge in [0, 0.05) is 19.1 Å². The molecule has 3 atom stereocenters. The summed E-state index contributed by atoms with van der Waals surface area (Å²) in [7, 11) is 0. The van der Waals surface area contributed by atoms with Crippen LogP contribution in [-0.4, -0.2) is 57.4 Å². The molecule has 3 aromatic rings. The standard InChI is InChI=1S/C32H38N2O3/c1-24(35)31-21-20-28(34(31)29(36)37-30(2,3)4)22-33(23-31)32(25-14-8-5-9-15-25,26-16-10-6-11-17-26)27-18-12-7-13-19-27/h5-19,24,28,35H,20-23H2,1-4H3. The van der Waals surface area contributed by atoms with Crippen LogP contribution in [0.5, 0.6) is 0 Å². The fourth-order valence-corrected chi connectivity index (χ4v) is 6.53. The monoisotopic (exact) mass is 498 g/mol. The summed E-state index contributed by atoms with van der Waals surface area (Å²) in [5, 5.41) is 11.3. The van der Waals surface area contributed by atoms with Crippen molar-refractivity contribution >= 4 is 6.09 Å². The molecule has 0 aliphatic carbocycles. The molecule has 37 heavy (non-hydrogen) atoms. The average molecular weight is 499 g/mol. The minimum atomic E-state index is -0.741. The Bertz CT molecular complexity index is 1110. The topological polar surface area (TPSA) is 53.0 Å². The number of aliphatic hydroxyl groups excluding tert-OH is 1. The zero-order chi connectivity index (χ0) is 26.3. The molecule has 2 saturated heterocycles. The number of carbonyl (C=O) groups excluding carboxylic acids is 1. The van der Waals surface area contributed by atoms with Gasteiger partial charge in [0.25, 0.3) is 0 Å². The molecule has 2 aliphatic heterocycles. The number of ether oxygens (including phenoxy) is 1. The fourth-order valence-electron chi connectivity index (χ4n) is 6.53. The lowest BCUT2D eigenvalue weighted by Crippen LogP contribution is -2.70. The molecule has 1 N–H and O–H groups in total. The molecule has 5 rings (SSSR count). The van der Waals surface area contributed by atoms with E-state index < -0.39 is 22.8 Å². The van der Waals surface area contributed by atoms with E-state index in [0.717, 1.165) is 12.8 Å². The van der Waals surface area contributed by atoms with E-state index in [1.54, 1.807) is 0 Å². The van der Waals surface area contributed by atoms with Gasteiger partial charge in [-0.15, -0.1) is 0 Å². The fraction of sp³-hybridized carbons (Fsp3) is 0.406. The van der Waals surface area contributed by atoms with Crippen LogP contribution in [0.2, 0.25) is 0 Å². The number of likely N-dealkylation sites (tertiary alicyclic amines) is 1. The van der Waals surface area contributed by atoms with Crippen molar-refractivity contribution in [1.82, 2.24) is 9.80 Å². The van der Waals surface area contributed by atoms with Crippen molar-refractivity contribution in [1.29, 1.82) is 0 Å². The number of nitrogens with zero attached hydrogens (tertiary/aromatic N) is 2. The third kappa shape index (κ3) is 4.34. The predicted octanol–water partition coefficient (Wildman–Crippen LogP) is 5.81. The lowest BCUT2D eigenvalue weighted by Gasteiger charge is -2.56. The highest BCUT2D eigenvalue weighted by Crippen LogP contribution is 2.50. The van der Waals surface area contributed by atoms with Gasteiger partial charge in [-0.05, 0) is 57.2 Å². The molecule has 2 fully saturated rings. The quantitative estimate of drug-likeness (QED) is 0.451. The smallest absolute Gasteiger partial charge is 0.411 e. The Hall–Kier alpha value is -3.15. The summed E-state index contributed by atoms with van der Waals surface area (Å²) in [6.07, 6.45) is 0.516. The molecule has 5 heteroatoms. The first-order valence-electron chi connectivity index (χ1n) is 13.3. The van der Waals surface area contributed by atoms with Gasteiger partial charge in [-0.2, -0.15) is 0 Å². The second-order valence-corrected chi connectivity index (χ2v) is 11.5. The van der Waals surface area contributed by atoms with Crippen molar-refractivity contribution in [3.8, 4) is 0 Å². The molecule has 194 valence electrons. The van der Waals surface area contributed by atoms with Crippen molar-refractivity contribution in [2.75, 3.05) is 13.1 Å². The molecule has 1 amide bonds. The van der Waals surface area contributed by atoms with Crippen molar-refractivity contribution < 1.29 is 14.6 Å². The summed E-state index contributed by atoms with van der Waals surface area (Å²) >= 11 is 0. The van der Waals surface area contributed by atoms with E-state index in [1.165, 1.54) is 16.7 Å². The number of hydrogen-bond donors (Lipinski definition) is 1. The van der Waals surface area contributed by atoms with Crippen LogP contribution in [0, 0.1) is 0 Å². The molecule has 5 nitrogen and oxygen atoms in total. The molecule has 2 heterocycles. The van der Waals surface area contributed by atoms with Gasteiger partial charge in [0.05, 0.1) is 17.2 Å². The maximum atomic E-state index is 13.5. The van der Waals surface area contributed by atoms with E-state index in [1.807, 2.05) is 50.8 Å². The first-order chi connectivity index (χ1) is 17.7. The second-order valence-electron chi connectivity index (χ2n) is 11.5. The SMILES string of the molecule is CC(O)C12CCC(CN(C(c3ccccc3)(c3ccccc3)c3ccccc3)C1)N2C(=O)OC(C)(C)C. The van der Waals surface area contributed by atoms with Crippen LogP contribution in [0.1, 0.15) is 57.2 Å². The Morgan fingerprint density at radius 1 is 0.892 bits per heavy atom. The van der Waals surface area contributed by atoms with Crippen molar-refractivity contribution in [3.63, 3.8) is 0 Å². The van der Waals surface area contributed by atoms with Crippen molar-refractivity contribution in [2.24, 2.45) is 0 Å². The van der Waals surface area contributed by atoms with Gasteiger partial charge in [-0.1, -0.05) is 91.0 Å². The molecular formula is C32H38N2O3. The molecule has 3 unspecified atom stereocenters. The molecule has 0 saturated carbocycles. The molecule has 3 aromatic carbocycles. The zero-order valence-corrected chi connectivity index (χ0v) is 22.3.